The van der Waals surface area contributed by atoms with Gasteiger partial charge in [-0.3, -0.25) is 15.1 Å². The van der Waals surface area contributed by atoms with Gasteiger partial charge in [-0.25, -0.2) is 14.6 Å². The molecule has 0 saturated heterocycles. The number of rotatable bonds is 10. The minimum atomic E-state index is -0.593. The van der Waals surface area contributed by atoms with E-state index in [-0.39, 0.29) is 52.8 Å². The van der Waals surface area contributed by atoms with Gasteiger partial charge in [-0.15, -0.1) is 0 Å². The van der Waals surface area contributed by atoms with Gasteiger partial charge < -0.3 is 24.8 Å². The standard InChI is InChI=1S/C31H47N7O6/c1-20-23(8-9-42-27(41)35-17-31(7)13-22(44-19-33)11-29(4,5)15-31)24(39)37-25(36-20)38-26(40)34-16-30(6)12-21(43-18-32)10-28(2,3)14-30/h21-22H,8-17H2,1-7H3,(H,35,41)(H3,34,36,37,38,39,40). The van der Waals surface area contributed by atoms with Gasteiger partial charge >= 0.3 is 12.1 Å². The number of aryl methyl sites for hydroxylation is 1. The Hall–Kier alpha value is -4.00. The van der Waals surface area contributed by atoms with Gasteiger partial charge in [0.15, 0.2) is 0 Å². The summed E-state index contributed by atoms with van der Waals surface area (Å²) in [5, 5.41) is 26.2. The molecule has 0 aliphatic heterocycles. The molecule has 4 unspecified atom stereocenters. The molecule has 2 aliphatic rings. The summed E-state index contributed by atoms with van der Waals surface area (Å²) in [7, 11) is 0. The summed E-state index contributed by atoms with van der Waals surface area (Å²) in [5.74, 6) is 0.00885. The van der Waals surface area contributed by atoms with Gasteiger partial charge in [0.25, 0.3) is 18.1 Å². The maximum absolute atomic E-state index is 12.8. The van der Waals surface area contributed by atoms with Crippen molar-refractivity contribution in [2.45, 2.75) is 106 Å². The third-order valence-electron chi connectivity index (χ3n) is 8.63. The number of hydrogen-bond donors (Lipinski definition) is 4. The van der Waals surface area contributed by atoms with E-state index in [1.165, 1.54) is 0 Å². The van der Waals surface area contributed by atoms with E-state index in [1.807, 2.05) is 0 Å². The Bertz CT molecular complexity index is 1350. The largest absolute Gasteiger partial charge is 0.449 e. The Morgan fingerprint density at radius 1 is 0.909 bits per heavy atom. The molecule has 2 fully saturated rings. The lowest BCUT2D eigenvalue weighted by molar-refractivity contribution is -0.0108. The van der Waals surface area contributed by atoms with Crippen LogP contribution >= 0.6 is 0 Å². The maximum atomic E-state index is 12.8. The molecule has 1 aromatic heterocycles. The number of anilines is 1. The van der Waals surface area contributed by atoms with Gasteiger partial charge in [-0.1, -0.05) is 41.5 Å². The second-order valence-corrected chi connectivity index (χ2v) is 14.8. The third-order valence-corrected chi connectivity index (χ3v) is 8.63. The van der Waals surface area contributed by atoms with Crippen molar-refractivity contribution in [3.05, 3.63) is 21.6 Å². The number of carbonyl (C=O) groups excluding carboxylic acids is 2. The van der Waals surface area contributed by atoms with Crippen LogP contribution in [0.15, 0.2) is 4.79 Å². The first kappa shape index (κ1) is 34.5. The molecule has 1 heterocycles. The number of nitrogens with zero attached hydrogens (tertiary/aromatic N) is 3. The second-order valence-electron chi connectivity index (χ2n) is 14.8. The van der Waals surface area contributed by atoms with Gasteiger partial charge in [0.2, 0.25) is 5.95 Å². The summed E-state index contributed by atoms with van der Waals surface area (Å²) in [5.41, 5.74) is -0.280. The van der Waals surface area contributed by atoms with Crippen LogP contribution in [0.25, 0.3) is 0 Å². The molecule has 3 amide bonds. The van der Waals surface area contributed by atoms with Crippen molar-refractivity contribution in [2.75, 3.05) is 25.0 Å². The van der Waals surface area contributed by atoms with Crippen LogP contribution in [0.4, 0.5) is 15.5 Å². The number of alkyl carbamates (subject to hydrolysis) is 1. The molecule has 3 rings (SSSR count). The zero-order valence-corrected chi connectivity index (χ0v) is 27.0. The van der Waals surface area contributed by atoms with E-state index in [2.05, 4.69) is 67.5 Å². The van der Waals surface area contributed by atoms with Gasteiger partial charge in [-0.2, -0.15) is 10.5 Å². The van der Waals surface area contributed by atoms with E-state index in [0.29, 0.717) is 37.2 Å². The topological polar surface area (TPSA) is 191 Å². The quantitative estimate of drug-likeness (QED) is 0.272. The average Bonchev–Trinajstić information content (AvgIpc) is 2.86. The second kappa shape index (κ2) is 13.7. The lowest BCUT2D eigenvalue weighted by atomic mass is 9.63. The monoisotopic (exact) mass is 613 g/mol. The fourth-order valence-corrected chi connectivity index (χ4v) is 7.65. The number of H-pyrrole nitrogens is 1. The van der Waals surface area contributed by atoms with Crippen LogP contribution in [-0.2, 0) is 20.6 Å². The molecule has 0 bridgehead atoms. The van der Waals surface area contributed by atoms with Crippen LogP contribution in [0.1, 0.15) is 91.3 Å². The first-order chi connectivity index (χ1) is 20.5. The van der Waals surface area contributed by atoms with Crippen LogP contribution in [0.3, 0.4) is 0 Å². The zero-order valence-electron chi connectivity index (χ0n) is 27.0. The number of ether oxygens (including phenoxy) is 3. The number of nitrogens with one attached hydrogen (secondary N) is 4. The van der Waals surface area contributed by atoms with Gasteiger partial charge in [0, 0.05) is 25.1 Å². The number of hydrogen-bond acceptors (Lipinski definition) is 9. The predicted molar refractivity (Wildman–Crippen MR) is 162 cm³/mol. The van der Waals surface area contributed by atoms with Crippen molar-refractivity contribution in [3.63, 3.8) is 0 Å². The number of urea groups is 1. The molecular weight excluding hydrogens is 566 g/mol. The highest BCUT2D eigenvalue weighted by atomic mass is 16.5. The summed E-state index contributed by atoms with van der Waals surface area (Å²) in [4.78, 5) is 44.7. The Morgan fingerprint density at radius 3 is 1.93 bits per heavy atom. The molecule has 44 heavy (non-hydrogen) atoms. The molecule has 0 spiro atoms. The minimum Gasteiger partial charge on any atom is -0.449 e. The third kappa shape index (κ3) is 10.0. The van der Waals surface area contributed by atoms with Crippen molar-refractivity contribution in [1.82, 2.24) is 20.6 Å². The van der Waals surface area contributed by atoms with Gasteiger partial charge in [-0.05, 0) is 67.1 Å². The Morgan fingerprint density at radius 2 is 1.43 bits per heavy atom. The molecule has 0 aromatic carbocycles. The molecular formula is C31H47N7O6. The lowest BCUT2D eigenvalue weighted by Crippen LogP contribution is -2.46. The van der Waals surface area contributed by atoms with Crippen LogP contribution in [0.5, 0.6) is 0 Å². The zero-order chi connectivity index (χ0) is 32.8. The normalized spacial score (nSPS) is 27.1. The highest BCUT2D eigenvalue weighted by Gasteiger charge is 2.43. The van der Waals surface area contributed by atoms with E-state index in [4.69, 9.17) is 24.7 Å². The number of carbonyl (C=O) groups is 2. The van der Waals surface area contributed by atoms with E-state index >= 15 is 0 Å². The van der Waals surface area contributed by atoms with Crippen molar-refractivity contribution in [1.29, 1.82) is 10.5 Å². The Kier molecular flexibility index (Phi) is 10.8. The van der Waals surface area contributed by atoms with Crippen LogP contribution in [-0.4, -0.2) is 54.0 Å². The molecule has 2 aliphatic carbocycles. The van der Waals surface area contributed by atoms with Crippen molar-refractivity contribution < 1.29 is 23.8 Å². The predicted octanol–water partition coefficient (Wildman–Crippen LogP) is 4.63. The van der Waals surface area contributed by atoms with Crippen molar-refractivity contribution in [3.8, 4) is 12.5 Å². The van der Waals surface area contributed by atoms with Gasteiger partial charge in [0.1, 0.15) is 12.2 Å². The van der Waals surface area contributed by atoms with E-state index in [9.17, 15) is 14.4 Å². The molecule has 1 aromatic rings. The fourth-order valence-electron chi connectivity index (χ4n) is 7.65. The Labute approximate surface area is 259 Å². The molecule has 2 saturated carbocycles. The molecule has 13 nitrogen and oxygen atoms in total. The molecule has 4 atom stereocenters. The number of aromatic nitrogens is 2. The van der Waals surface area contributed by atoms with Crippen LogP contribution in [0, 0.1) is 51.6 Å². The summed E-state index contributed by atoms with van der Waals surface area (Å²) in [6, 6.07) is -0.511. The first-order valence-corrected chi connectivity index (χ1v) is 15.1. The molecule has 0 radical (unpaired) electrons. The van der Waals surface area contributed by atoms with Crippen LogP contribution < -0.4 is 21.5 Å². The molecule has 242 valence electrons. The fraction of sp³-hybridized carbons (Fsp3) is 0.742. The number of aromatic amines is 1. The smallest absolute Gasteiger partial charge is 0.407 e. The summed E-state index contributed by atoms with van der Waals surface area (Å²) in [6.07, 6.45) is 7.29. The van der Waals surface area contributed by atoms with E-state index in [1.54, 1.807) is 19.4 Å². The van der Waals surface area contributed by atoms with Crippen LogP contribution in [0.2, 0.25) is 0 Å². The summed E-state index contributed by atoms with van der Waals surface area (Å²) < 4.78 is 15.8. The molecule has 13 heteroatoms. The average molecular weight is 614 g/mol. The number of amides is 3. The summed E-state index contributed by atoms with van der Waals surface area (Å²) >= 11 is 0. The highest BCUT2D eigenvalue weighted by molar-refractivity contribution is 5.87. The summed E-state index contributed by atoms with van der Waals surface area (Å²) in [6.45, 7) is 15.0. The van der Waals surface area contributed by atoms with E-state index in [0.717, 1.165) is 25.7 Å². The minimum absolute atomic E-state index is 0.00885. The first-order valence-electron chi connectivity index (χ1n) is 15.1. The lowest BCUT2D eigenvalue weighted by Gasteiger charge is -2.45. The maximum Gasteiger partial charge on any atom is 0.407 e. The highest BCUT2D eigenvalue weighted by Crippen LogP contribution is 2.47. The van der Waals surface area contributed by atoms with Crippen molar-refractivity contribution in [2.24, 2.45) is 21.7 Å². The molecule has 4 N–H and O–H groups in total. The van der Waals surface area contributed by atoms with E-state index < -0.39 is 17.7 Å². The Balaban J connectivity index is 1.48. The number of nitriles is 2. The van der Waals surface area contributed by atoms with Gasteiger partial charge in [0.05, 0.1) is 12.3 Å². The SMILES string of the molecule is Cc1nc(NC(=O)NCC2(C)CC(OC#N)CC(C)(C)C2)[nH]c(=O)c1CCOC(=O)NCC1(C)CC(OC#N)CC(C)(C)C1. The van der Waals surface area contributed by atoms with Crippen molar-refractivity contribution >= 4 is 18.1 Å².